The topological polar surface area (TPSA) is 75.6 Å². The molecule has 2 N–H and O–H groups in total. The minimum atomic E-state index is -2.84. The highest BCUT2D eigenvalue weighted by molar-refractivity contribution is 6.31. The number of fused-ring (bicyclic) bond motifs is 1. The van der Waals surface area contributed by atoms with Gasteiger partial charge in [0.05, 0.1) is 11.1 Å². The molecular formula is C20H19ClFNO4. The molecule has 27 heavy (non-hydrogen) atoms. The molecule has 0 spiro atoms. The Balaban J connectivity index is 2.01. The lowest BCUT2D eigenvalue weighted by molar-refractivity contribution is -0.0627. The number of ketones is 1. The highest BCUT2D eigenvalue weighted by Gasteiger charge is 2.43. The zero-order chi connectivity index (χ0) is 22.4. The van der Waals surface area contributed by atoms with E-state index in [9.17, 15) is 19.1 Å². The average Bonchev–Trinajstić information content (AvgIpc) is 2.65. The summed E-state index contributed by atoms with van der Waals surface area (Å²) < 4.78 is 41.1. The van der Waals surface area contributed by atoms with Gasteiger partial charge in [0.1, 0.15) is 23.3 Å². The molecule has 0 aromatic heterocycles. The van der Waals surface area contributed by atoms with Crippen LogP contribution in [0.15, 0.2) is 36.4 Å². The fourth-order valence-electron chi connectivity index (χ4n) is 2.96. The Morgan fingerprint density at radius 1 is 1.26 bits per heavy atom. The summed E-state index contributed by atoms with van der Waals surface area (Å²) >= 11 is 5.74. The summed E-state index contributed by atoms with van der Waals surface area (Å²) in [5.41, 5.74) is -0.887. The molecule has 142 valence electrons. The molecule has 1 amide bonds. The summed E-state index contributed by atoms with van der Waals surface area (Å²) in [6, 6.07) is 6.44. The van der Waals surface area contributed by atoms with Gasteiger partial charge in [0.2, 0.25) is 0 Å². The number of aliphatic hydroxyl groups is 1. The predicted octanol–water partition coefficient (Wildman–Crippen LogP) is 3.68. The maximum absolute atomic E-state index is 13.4. The quantitative estimate of drug-likeness (QED) is 0.614. The van der Waals surface area contributed by atoms with Crippen molar-refractivity contribution in [3.8, 4) is 5.75 Å². The zero-order valence-corrected chi connectivity index (χ0v) is 15.3. The number of halogens is 2. The summed E-state index contributed by atoms with van der Waals surface area (Å²) in [4.78, 5) is 24.9. The average molecular weight is 396 g/mol. The number of benzene rings is 2. The largest absolute Gasteiger partial charge is 0.485 e. The molecule has 0 radical (unpaired) electrons. The van der Waals surface area contributed by atoms with E-state index in [0.717, 1.165) is 12.1 Å². The van der Waals surface area contributed by atoms with E-state index in [0.29, 0.717) is 0 Å². The standard InChI is InChI=1S/C20H19ClFNO4/c1-10(24)11-5-7-16-13(8-11)17(18(25)20(2,3)27-16)23-19(26)12-4-6-15(22)14(21)9-12/h4-9,17-18,25H,1-3H3,(H,23,26)/t17-,18-/m0/s1/i1+1D3. The lowest BCUT2D eigenvalue weighted by atomic mass is 9.85. The molecule has 1 aliphatic rings. The molecule has 5 nitrogen and oxygen atoms in total. The van der Waals surface area contributed by atoms with Gasteiger partial charge in [-0.1, -0.05) is 11.6 Å². The van der Waals surface area contributed by atoms with Crippen LogP contribution in [0, 0.1) is 5.82 Å². The van der Waals surface area contributed by atoms with Gasteiger partial charge in [-0.05, 0) is 57.1 Å². The van der Waals surface area contributed by atoms with E-state index in [-0.39, 0.29) is 27.5 Å². The van der Waals surface area contributed by atoms with Gasteiger partial charge in [0.25, 0.3) is 5.91 Å². The van der Waals surface area contributed by atoms with Crippen LogP contribution in [-0.2, 0) is 0 Å². The van der Waals surface area contributed by atoms with Gasteiger partial charge < -0.3 is 15.2 Å². The number of aliphatic hydroxyl groups excluding tert-OH is 1. The Bertz CT molecular complexity index is 1030. The summed E-state index contributed by atoms with van der Waals surface area (Å²) in [5.74, 6) is -2.11. The smallest absolute Gasteiger partial charge is 0.251 e. The van der Waals surface area contributed by atoms with Crippen molar-refractivity contribution in [3.05, 3.63) is 63.9 Å². The van der Waals surface area contributed by atoms with E-state index < -0.39 is 42.1 Å². The first-order valence-corrected chi connectivity index (χ1v) is 8.51. The van der Waals surface area contributed by atoms with Crippen LogP contribution in [0.1, 0.15) is 57.1 Å². The van der Waals surface area contributed by atoms with Crippen LogP contribution in [0.3, 0.4) is 0 Å². The summed E-state index contributed by atoms with van der Waals surface area (Å²) in [6.45, 7) is 0.400. The summed E-state index contributed by atoms with van der Waals surface area (Å²) in [6.07, 6.45) is -1.23. The first-order valence-electron chi connectivity index (χ1n) is 9.63. The number of carbonyl (C=O) groups is 2. The van der Waals surface area contributed by atoms with Crippen molar-refractivity contribution in [1.29, 1.82) is 0 Å². The maximum Gasteiger partial charge on any atom is 0.251 e. The van der Waals surface area contributed by atoms with Crippen molar-refractivity contribution < 1.29 is 27.9 Å². The normalized spacial score (nSPS) is 22.5. The molecule has 0 aliphatic carbocycles. The third-order valence-corrected chi connectivity index (χ3v) is 4.77. The molecule has 2 aromatic rings. The Hall–Kier alpha value is -2.44. The van der Waals surface area contributed by atoms with E-state index in [1.807, 2.05) is 0 Å². The first-order chi connectivity index (χ1) is 13.8. The minimum absolute atomic E-state index is 0.0640. The number of Topliss-reactive ketones (excluding diaryl/α,β-unsaturated/α-hetero) is 1. The van der Waals surface area contributed by atoms with Gasteiger partial charge in [-0.15, -0.1) is 0 Å². The van der Waals surface area contributed by atoms with Crippen LogP contribution in [0.4, 0.5) is 4.39 Å². The van der Waals surface area contributed by atoms with E-state index >= 15 is 0 Å². The van der Waals surface area contributed by atoms with Gasteiger partial charge in [-0.3, -0.25) is 9.59 Å². The Kier molecular flexibility index (Phi) is 4.01. The summed E-state index contributed by atoms with van der Waals surface area (Å²) in [5, 5.41) is 13.2. The van der Waals surface area contributed by atoms with E-state index in [4.69, 9.17) is 20.5 Å². The van der Waals surface area contributed by atoms with Crippen LogP contribution < -0.4 is 10.1 Å². The van der Waals surface area contributed by atoms with Gasteiger partial charge in [0, 0.05) is 20.8 Å². The molecule has 2 aromatic carbocycles. The second-order valence-corrected chi connectivity index (χ2v) is 7.22. The molecule has 0 saturated carbocycles. The predicted molar refractivity (Wildman–Crippen MR) is 98.8 cm³/mol. The van der Waals surface area contributed by atoms with Crippen molar-refractivity contribution >= 4 is 23.3 Å². The number of hydrogen-bond donors (Lipinski definition) is 2. The lowest BCUT2D eigenvalue weighted by Gasteiger charge is -2.42. The second kappa shape index (κ2) is 6.94. The number of nitrogens with one attached hydrogen (secondary N) is 1. The molecule has 7 heteroatoms. The minimum Gasteiger partial charge on any atom is -0.485 e. The van der Waals surface area contributed by atoms with Crippen molar-refractivity contribution in [2.24, 2.45) is 0 Å². The van der Waals surface area contributed by atoms with Crippen LogP contribution in [0.25, 0.3) is 0 Å². The third kappa shape index (κ3) is 3.68. The monoisotopic (exact) mass is 395 g/mol. The molecule has 0 unspecified atom stereocenters. The molecule has 2 atom stereocenters. The van der Waals surface area contributed by atoms with E-state index in [2.05, 4.69) is 5.32 Å². The molecule has 0 bridgehead atoms. The van der Waals surface area contributed by atoms with Crippen molar-refractivity contribution in [2.75, 3.05) is 0 Å². The van der Waals surface area contributed by atoms with E-state index in [1.165, 1.54) is 24.3 Å². The number of ether oxygens (including phenoxy) is 1. The lowest BCUT2D eigenvalue weighted by Crippen LogP contribution is -2.53. The fraction of sp³-hybridized carbons (Fsp3) is 0.300. The number of rotatable bonds is 3. The third-order valence-electron chi connectivity index (χ3n) is 4.48. The van der Waals surface area contributed by atoms with Crippen LogP contribution in [-0.4, -0.2) is 28.5 Å². The van der Waals surface area contributed by atoms with Gasteiger partial charge >= 0.3 is 0 Å². The van der Waals surface area contributed by atoms with Gasteiger partial charge in [0.15, 0.2) is 5.78 Å². The van der Waals surface area contributed by atoms with Crippen molar-refractivity contribution in [1.82, 2.24) is 5.32 Å². The highest BCUT2D eigenvalue weighted by atomic mass is 35.5. The maximum atomic E-state index is 13.4. The number of amides is 1. The zero-order valence-electron chi connectivity index (χ0n) is 17.5. The molecular weight excluding hydrogens is 374 g/mol. The molecule has 1 aliphatic heterocycles. The van der Waals surface area contributed by atoms with Crippen LogP contribution in [0.5, 0.6) is 5.75 Å². The molecule has 1 heterocycles. The van der Waals surface area contributed by atoms with E-state index in [1.54, 1.807) is 13.8 Å². The number of carbonyl (C=O) groups excluding carboxylic acids is 2. The molecule has 0 fully saturated rings. The molecule has 3 rings (SSSR count). The highest BCUT2D eigenvalue weighted by Crippen LogP contribution is 2.40. The van der Waals surface area contributed by atoms with Gasteiger partial charge in [-0.25, -0.2) is 4.39 Å². The second-order valence-electron chi connectivity index (χ2n) is 6.81. The fourth-order valence-corrected chi connectivity index (χ4v) is 3.14. The van der Waals surface area contributed by atoms with Crippen LogP contribution >= 0.6 is 11.6 Å². The SMILES string of the molecule is [2H][13C]([2H])([2H])C(=O)c1ccc2c(c1)[C@H](NC(=O)c1ccc(F)c(Cl)c1)[C@H](O)C(C)(C)O2. The van der Waals surface area contributed by atoms with Crippen LogP contribution in [0.2, 0.25) is 5.02 Å². The summed E-state index contributed by atoms with van der Waals surface area (Å²) in [7, 11) is 0. The Labute approximate surface area is 165 Å². The Morgan fingerprint density at radius 3 is 2.63 bits per heavy atom. The Morgan fingerprint density at radius 2 is 1.96 bits per heavy atom. The van der Waals surface area contributed by atoms with Gasteiger partial charge in [-0.2, -0.15) is 0 Å². The van der Waals surface area contributed by atoms with Crippen molar-refractivity contribution in [2.45, 2.75) is 38.4 Å². The first kappa shape index (κ1) is 15.6. The number of hydrogen-bond acceptors (Lipinski definition) is 4. The van der Waals surface area contributed by atoms with Crippen molar-refractivity contribution in [3.63, 3.8) is 0 Å². The molecule has 0 saturated heterocycles.